The van der Waals surface area contributed by atoms with E-state index in [4.69, 9.17) is 10.0 Å². The highest BCUT2D eigenvalue weighted by Gasteiger charge is 2.47. The second kappa shape index (κ2) is 7.89. The highest BCUT2D eigenvalue weighted by atomic mass is 32.2. The first kappa shape index (κ1) is 19.9. The molecule has 1 amide bonds. The molecule has 0 spiro atoms. The Morgan fingerprint density at radius 1 is 1.42 bits per heavy atom. The summed E-state index contributed by atoms with van der Waals surface area (Å²) in [6, 6.07) is 7.52. The van der Waals surface area contributed by atoms with Crippen LogP contribution < -0.4 is 5.48 Å². The Balaban J connectivity index is 2.11. The first-order chi connectivity index (χ1) is 12.2. The lowest BCUT2D eigenvalue weighted by Crippen LogP contribution is -2.51. The maximum Gasteiger partial charge on any atom is 0.264 e. The fraction of sp³-hybridized carbons (Fsp3) is 0.444. The largest absolute Gasteiger partial charge is 0.392 e. The summed E-state index contributed by atoms with van der Waals surface area (Å²) in [5.41, 5.74) is 3.85. The zero-order valence-electron chi connectivity index (χ0n) is 14.9. The van der Waals surface area contributed by atoms with Gasteiger partial charge in [0.05, 0.1) is 5.71 Å². The summed E-state index contributed by atoms with van der Waals surface area (Å²) in [4.78, 5) is 17.2. The molecule has 26 heavy (non-hydrogen) atoms. The smallest absolute Gasteiger partial charge is 0.264 e. The van der Waals surface area contributed by atoms with Gasteiger partial charge in [-0.1, -0.05) is 36.1 Å². The molecule has 7 nitrogen and oxygen atoms in total. The highest BCUT2D eigenvalue weighted by Crippen LogP contribution is 2.29. The molecule has 140 valence electrons. The molecular formula is C18H22N2O5S. The van der Waals surface area contributed by atoms with Crippen molar-refractivity contribution < 1.29 is 23.3 Å². The quantitative estimate of drug-likeness (QED) is 0.460. The predicted octanol–water partition coefficient (Wildman–Crippen LogP) is 1.64. The predicted molar refractivity (Wildman–Crippen MR) is 97.4 cm³/mol. The van der Waals surface area contributed by atoms with E-state index in [1.54, 1.807) is 0 Å². The van der Waals surface area contributed by atoms with E-state index in [-0.39, 0.29) is 6.42 Å². The van der Waals surface area contributed by atoms with Crippen LogP contribution in [-0.4, -0.2) is 42.4 Å². The van der Waals surface area contributed by atoms with Crippen molar-refractivity contribution in [2.45, 2.75) is 44.0 Å². The molecule has 1 aliphatic heterocycles. The van der Waals surface area contributed by atoms with Gasteiger partial charge in [0, 0.05) is 31.1 Å². The number of hydroxylamine groups is 1. The van der Waals surface area contributed by atoms with E-state index in [2.05, 4.69) is 17.0 Å². The standard InChI is InChI=1S/C18H22N2O5S/c1-4-5-6-13-7-9-14(10-8-13)16-11-15(25-20-16)12-18(2,17(21)19-22)26(3,23)24/h7-10,15,22H,4,11-12H2,1-3H3,(H,19,21). The first-order valence-corrected chi connectivity index (χ1v) is 10.1. The molecule has 0 aromatic heterocycles. The van der Waals surface area contributed by atoms with Crippen LogP contribution in [-0.2, 0) is 19.5 Å². The van der Waals surface area contributed by atoms with E-state index >= 15 is 0 Å². The van der Waals surface area contributed by atoms with Gasteiger partial charge in [0.15, 0.2) is 14.6 Å². The molecule has 8 heteroatoms. The molecule has 1 aromatic rings. The Morgan fingerprint density at radius 3 is 2.62 bits per heavy atom. The number of nitrogens with one attached hydrogen (secondary N) is 1. The SMILES string of the molecule is CCC#Cc1ccc(C2=NOC(CC(C)(C(=O)NO)S(C)(=O)=O)C2)cc1. The lowest BCUT2D eigenvalue weighted by Gasteiger charge is -2.26. The van der Waals surface area contributed by atoms with Crippen LogP contribution >= 0.6 is 0 Å². The minimum atomic E-state index is -3.78. The Morgan fingerprint density at radius 2 is 2.08 bits per heavy atom. The summed E-state index contributed by atoms with van der Waals surface area (Å²) in [7, 11) is -3.78. The fourth-order valence-corrected chi connectivity index (χ4v) is 3.48. The summed E-state index contributed by atoms with van der Waals surface area (Å²) in [5.74, 6) is 5.04. The topological polar surface area (TPSA) is 105 Å². The third kappa shape index (κ3) is 4.23. The Bertz CT molecular complexity index is 865. The number of sulfone groups is 1. The van der Waals surface area contributed by atoms with Crippen LogP contribution in [0.5, 0.6) is 0 Å². The van der Waals surface area contributed by atoms with Crippen molar-refractivity contribution in [1.29, 1.82) is 0 Å². The van der Waals surface area contributed by atoms with E-state index in [0.29, 0.717) is 12.1 Å². The van der Waals surface area contributed by atoms with Crippen molar-refractivity contribution in [2.75, 3.05) is 6.26 Å². The maximum absolute atomic E-state index is 12.0. The Hall–Kier alpha value is -2.37. The van der Waals surface area contributed by atoms with Gasteiger partial charge in [-0.05, 0) is 24.6 Å². The van der Waals surface area contributed by atoms with Crippen LogP contribution in [0.25, 0.3) is 0 Å². The Labute approximate surface area is 153 Å². The molecule has 2 unspecified atom stereocenters. The van der Waals surface area contributed by atoms with Gasteiger partial charge in [-0.3, -0.25) is 10.0 Å². The summed E-state index contributed by atoms with van der Waals surface area (Å²) in [6.07, 6.45) is 1.40. The van der Waals surface area contributed by atoms with Gasteiger partial charge in [-0.25, -0.2) is 13.9 Å². The van der Waals surface area contributed by atoms with Gasteiger partial charge >= 0.3 is 0 Å². The molecule has 0 aliphatic carbocycles. The average molecular weight is 378 g/mol. The third-order valence-electron chi connectivity index (χ3n) is 4.38. The van der Waals surface area contributed by atoms with Gasteiger partial charge < -0.3 is 4.84 Å². The molecule has 2 N–H and O–H groups in total. The molecule has 1 aliphatic rings. The van der Waals surface area contributed by atoms with Crippen LogP contribution in [0.3, 0.4) is 0 Å². The third-order valence-corrected chi connectivity index (χ3v) is 6.37. The molecular weight excluding hydrogens is 356 g/mol. The zero-order valence-corrected chi connectivity index (χ0v) is 15.8. The maximum atomic E-state index is 12.0. The van der Waals surface area contributed by atoms with E-state index in [9.17, 15) is 13.2 Å². The van der Waals surface area contributed by atoms with E-state index < -0.39 is 26.6 Å². The average Bonchev–Trinajstić information content (AvgIpc) is 3.06. The van der Waals surface area contributed by atoms with Crippen LogP contribution in [0.2, 0.25) is 0 Å². The number of oxime groups is 1. The minimum absolute atomic E-state index is 0.120. The van der Waals surface area contributed by atoms with Crippen LogP contribution in [0.1, 0.15) is 44.2 Å². The molecule has 1 heterocycles. The van der Waals surface area contributed by atoms with Gasteiger partial charge in [-0.15, -0.1) is 0 Å². The second-order valence-electron chi connectivity index (χ2n) is 6.35. The fourth-order valence-electron chi connectivity index (χ4n) is 2.61. The van der Waals surface area contributed by atoms with Crippen molar-refractivity contribution in [3.8, 4) is 11.8 Å². The van der Waals surface area contributed by atoms with Crippen LogP contribution in [0.4, 0.5) is 0 Å². The van der Waals surface area contributed by atoms with Crippen molar-refractivity contribution >= 4 is 21.5 Å². The molecule has 0 saturated carbocycles. The number of hydrogen-bond donors (Lipinski definition) is 2. The summed E-state index contributed by atoms with van der Waals surface area (Å²) in [5, 5.41) is 12.9. The number of nitrogens with zero attached hydrogens (tertiary/aromatic N) is 1. The number of carbonyl (C=O) groups excluding carboxylic acids is 1. The van der Waals surface area contributed by atoms with Gasteiger partial charge in [-0.2, -0.15) is 0 Å². The summed E-state index contributed by atoms with van der Waals surface area (Å²) >= 11 is 0. The lowest BCUT2D eigenvalue weighted by molar-refractivity contribution is -0.132. The summed E-state index contributed by atoms with van der Waals surface area (Å²) in [6.45, 7) is 3.24. The van der Waals surface area contributed by atoms with E-state index in [1.165, 1.54) is 12.4 Å². The minimum Gasteiger partial charge on any atom is -0.392 e. The van der Waals surface area contributed by atoms with Gasteiger partial charge in [0.1, 0.15) is 6.10 Å². The van der Waals surface area contributed by atoms with Gasteiger partial charge in [0.25, 0.3) is 5.91 Å². The number of benzene rings is 1. The highest BCUT2D eigenvalue weighted by molar-refractivity contribution is 7.92. The Kier molecular flexibility index (Phi) is 6.05. The van der Waals surface area contributed by atoms with Crippen LogP contribution in [0, 0.1) is 11.8 Å². The zero-order chi connectivity index (χ0) is 19.4. The first-order valence-electron chi connectivity index (χ1n) is 8.17. The molecule has 2 rings (SSSR count). The van der Waals surface area contributed by atoms with Crippen molar-refractivity contribution in [3.05, 3.63) is 35.4 Å². The van der Waals surface area contributed by atoms with Gasteiger partial charge in [0.2, 0.25) is 0 Å². The summed E-state index contributed by atoms with van der Waals surface area (Å²) < 4.78 is 22.3. The van der Waals surface area contributed by atoms with Crippen molar-refractivity contribution in [3.63, 3.8) is 0 Å². The van der Waals surface area contributed by atoms with Crippen molar-refractivity contribution in [1.82, 2.24) is 5.48 Å². The lowest BCUT2D eigenvalue weighted by atomic mass is 9.96. The molecule has 0 fully saturated rings. The van der Waals surface area contributed by atoms with E-state index in [1.807, 2.05) is 31.2 Å². The van der Waals surface area contributed by atoms with Crippen LogP contribution in [0.15, 0.2) is 29.4 Å². The molecule has 0 radical (unpaired) electrons. The monoisotopic (exact) mass is 378 g/mol. The number of rotatable bonds is 5. The van der Waals surface area contributed by atoms with E-state index in [0.717, 1.165) is 23.8 Å². The number of carbonyl (C=O) groups is 1. The molecule has 1 aromatic carbocycles. The molecule has 0 saturated heterocycles. The molecule has 0 bridgehead atoms. The van der Waals surface area contributed by atoms with Crippen molar-refractivity contribution in [2.24, 2.45) is 5.16 Å². The second-order valence-corrected chi connectivity index (χ2v) is 8.80. The normalized spacial score (nSPS) is 18.8. The number of hydrogen-bond acceptors (Lipinski definition) is 6. The number of amides is 1. The molecule has 2 atom stereocenters.